The molecule has 1 saturated heterocycles. The molecule has 0 aliphatic carbocycles. The molecule has 1 unspecified atom stereocenters. The molecule has 0 radical (unpaired) electrons. The van der Waals surface area contributed by atoms with Gasteiger partial charge in [0.25, 0.3) is 5.56 Å². The van der Waals surface area contributed by atoms with Crippen LogP contribution in [0.3, 0.4) is 0 Å². The van der Waals surface area contributed by atoms with Crippen LogP contribution in [-0.2, 0) is 16.1 Å². The van der Waals surface area contributed by atoms with Crippen molar-refractivity contribution >= 4 is 0 Å². The molecule has 1 atom stereocenters. The zero-order valence-electron chi connectivity index (χ0n) is 8.66. The molecule has 0 amide bonds. The molecule has 1 fully saturated rings. The molecule has 0 aromatic carbocycles. The molecule has 1 aliphatic heterocycles. The second-order valence-corrected chi connectivity index (χ2v) is 3.62. The van der Waals surface area contributed by atoms with E-state index >= 15 is 0 Å². The van der Waals surface area contributed by atoms with Crippen LogP contribution in [-0.4, -0.2) is 30.3 Å². The van der Waals surface area contributed by atoms with Gasteiger partial charge in [0.2, 0.25) is 0 Å². The second-order valence-electron chi connectivity index (χ2n) is 3.62. The highest BCUT2D eigenvalue weighted by molar-refractivity contribution is 5.06. The standard InChI is InChI=1S/C10H14N2O3/c1-14-6-8-4-9(13)12-10(11-8)7-2-3-15-5-7/h4,7H,2-3,5-6H2,1H3,(H,11,12,13). The molecule has 1 N–H and O–H groups in total. The molecule has 2 rings (SSSR count). The van der Waals surface area contributed by atoms with Gasteiger partial charge in [-0.15, -0.1) is 0 Å². The molecule has 1 aromatic rings. The van der Waals surface area contributed by atoms with Crippen LogP contribution in [0.2, 0.25) is 0 Å². The minimum absolute atomic E-state index is 0.126. The topological polar surface area (TPSA) is 64.2 Å². The number of rotatable bonds is 3. The van der Waals surface area contributed by atoms with Gasteiger partial charge < -0.3 is 14.5 Å². The summed E-state index contributed by atoms with van der Waals surface area (Å²) in [4.78, 5) is 18.4. The molecule has 0 spiro atoms. The van der Waals surface area contributed by atoms with Crippen molar-refractivity contribution in [3.63, 3.8) is 0 Å². The molecule has 5 nitrogen and oxygen atoms in total. The Labute approximate surface area is 87.4 Å². The maximum Gasteiger partial charge on any atom is 0.251 e. The first-order chi connectivity index (χ1) is 7.29. The van der Waals surface area contributed by atoms with E-state index in [-0.39, 0.29) is 11.5 Å². The van der Waals surface area contributed by atoms with E-state index in [4.69, 9.17) is 9.47 Å². The number of nitrogens with one attached hydrogen (secondary N) is 1. The molecular formula is C10H14N2O3. The van der Waals surface area contributed by atoms with Gasteiger partial charge in [0.1, 0.15) is 5.82 Å². The van der Waals surface area contributed by atoms with Crippen LogP contribution in [0.15, 0.2) is 10.9 Å². The van der Waals surface area contributed by atoms with E-state index in [0.717, 1.165) is 13.0 Å². The van der Waals surface area contributed by atoms with Crippen molar-refractivity contribution in [3.05, 3.63) is 27.9 Å². The largest absolute Gasteiger partial charge is 0.381 e. The van der Waals surface area contributed by atoms with Crippen molar-refractivity contribution < 1.29 is 9.47 Å². The minimum atomic E-state index is -0.126. The van der Waals surface area contributed by atoms with E-state index < -0.39 is 0 Å². The number of hydrogen-bond donors (Lipinski definition) is 1. The van der Waals surface area contributed by atoms with Gasteiger partial charge in [-0.3, -0.25) is 4.79 Å². The third-order valence-corrected chi connectivity index (χ3v) is 2.42. The smallest absolute Gasteiger partial charge is 0.251 e. The average Bonchev–Trinajstić information content (AvgIpc) is 2.70. The molecule has 82 valence electrons. The van der Waals surface area contributed by atoms with E-state index in [2.05, 4.69) is 9.97 Å². The summed E-state index contributed by atoms with van der Waals surface area (Å²) in [6, 6.07) is 1.46. The fraction of sp³-hybridized carbons (Fsp3) is 0.600. The molecule has 2 heterocycles. The second kappa shape index (κ2) is 4.55. The van der Waals surface area contributed by atoms with E-state index in [1.54, 1.807) is 7.11 Å². The van der Waals surface area contributed by atoms with Crippen LogP contribution in [0, 0.1) is 0 Å². The van der Waals surface area contributed by atoms with Gasteiger partial charge in [-0.25, -0.2) is 4.98 Å². The van der Waals surface area contributed by atoms with E-state index in [1.165, 1.54) is 6.07 Å². The summed E-state index contributed by atoms with van der Waals surface area (Å²) in [6.45, 7) is 1.74. The summed E-state index contributed by atoms with van der Waals surface area (Å²) in [5.41, 5.74) is 0.544. The highest BCUT2D eigenvalue weighted by Gasteiger charge is 2.20. The molecular weight excluding hydrogens is 196 g/mol. The lowest BCUT2D eigenvalue weighted by atomic mass is 10.1. The summed E-state index contributed by atoms with van der Waals surface area (Å²) in [7, 11) is 1.58. The Morgan fingerprint density at radius 3 is 3.27 bits per heavy atom. The molecule has 0 bridgehead atoms. The Kier molecular flexibility index (Phi) is 3.13. The first-order valence-corrected chi connectivity index (χ1v) is 4.96. The highest BCUT2D eigenvalue weighted by atomic mass is 16.5. The number of aromatic nitrogens is 2. The predicted molar refractivity (Wildman–Crippen MR) is 53.7 cm³/mol. The van der Waals surface area contributed by atoms with Gasteiger partial charge in [0.05, 0.1) is 18.9 Å². The van der Waals surface area contributed by atoms with Crippen LogP contribution in [0.1, 0.15) is 23.9 Å². The fourth-order valence-corrected chi connectivity index (χ4v) is 1.69. The van der Waals surface area contributed by atoms with Gasteiger partial charge in [0.15, 0.2) is 0 Å². The minimum Gasteiger partial charge on any atom is -0.381 e. The van der Waals surface area contributed by atoms with Crippen LogP contribution in [0.4, 0.5) is 0 Å². The lowest BCUT2D eigenvalue weighted by Crippen LogP contribution is -2.16. The Morgan fingerprint density at radius 2 is 2.60 bits per heavy atom. The number of ether oxygens (including phenoxy) is 2. The van der Waals surface area contributed by atoms with Gasteiger partial charge in [0, 0.05) is 25.7 Å². The van der Waals surface area contributed by atoms with Crippen molar-refractivity contribution in [2.75, 3.05) is 20.3 Å². The van der Waals surface area contributed by atoms with E-state index in [0.29, 0.717) is 24.7 Å². The fourth-order valence-electron chi connectivity index (χ4n) is 1.69. The van der Waals surface area contributed by atoms with Crippen LogP contribution in [0.25, 0.3) is 0 Å². The zero-order valence-corrected chi connectivity index (χ0v) is 8.66. The van der Waals surface area contributed by atoms with Crippen LogP contribution >= 0.6 is 0 Å². The summed E-state index contributed by atoms with van der Waals surface area (Å²) < 4.78 is 10.2. The number of methoxy groups -OCH3 is 1. The average molecular weight is 210 g/mol. The third kappa shape index (κ3) is 2.43. The normalized spacial score (nSPS) is 20.7. The highest BCUT2D eigenvalue weighted by Crippen LogP contribution is 2.21. The van der Waals surface area contributed by atoms with Gasteiger partial charge in [-0.2, -0.15) is 0 Å². The summed E-state index contributed by atoms with van der Waals surface area (Å²) >= 11 is 0. The Bertz CT molecular complexity index is 382. The SMILES string of the molecule is COCc1cc(=O)[nH]c(C2CCOC2)n1. The number of H-pyrrole nitrogens is 1. The van der Waals surface area contributed by atoms with Crippen molar-refractivity contribution in [2.24, 2.45) is 0 Å². The molecule has 0 saturated carbocycles. The first kappa shape index (κ1) is 10.3. The van der Waals surface area contributed by atoms with Gasteiger partial charge >= 0.3 is 0 Å². The number of aromatic amines is 1. The van der Waals surface area contributed by atoms with Crippen LogP contribution < -0.4 is 5.56 Å². The lowest BCUT2D eigenvalue weighted by Gasteiger charge is -2.07. The Morgan fingerprint density at radius 1 is 1.73 bits per heavy atom. The molecule has 5 heteroatoms. The maximum absolute atomic E-state index is 11.4. The molecule has 1 aromatic heterocycles. The zero-order chi connectivity index (χ0) is 10.7. The van der Waals surface area contributed by atoms with Crippen molar-refractivity contribution in [1.82, 2.24) is 9.97 Å². The first-order valence-electron chi connectivity index (χ1n) is 4.96. The number of nitrogens with zero attached hydrogens (tertiary/aromatic N) is 1. The molecule has 15 heavy (non-hydrogen) atoms. The van der Waals surface area contributed by atoms with Crippen molar-refractivity contribution in [2.45, 2.75) is 18.9 Å². The summed E-state index contributed by atoms with van der Waals surface area (Å²) in [5, 5.41) is 0. The monoisotopic (exact) mass is 210 g/mol. The summed E-state index contributed by atoms with van der Waals surface area (Å²) in [6.07, 6.45) is 0.916. The third-order valence-electron chi connectivity index (χ3n) is 2.42. The Hall–Kier alpha value is -1.20. The van der Waals surface area contributed by atoms with E-state index in [9.17, 15) is 4.79 Å². The van der Waals surface area contributed by atoms with Crippen LogP contribution in [0.5, 0.6) is 0 Å². The van der Waals surface area contributed by atoms with Gasteiger partial charge in [-0.1, -0.05) is 0 Å². The summed E-state index contributed by atoms with van der Waals surface area (Å²) in [5.74, 6) is 0.932. The predicted octanol–water partition coefficient (Wildman–Crippen LogP) is 0.420. The lowest BCUT2D eigenvalue weighted by molar-refractivity contribution is 0.180. The number of hydrogen-bond acceptors (Lipinski definition) is 4. The maximum atomic E-state index is 11.4. The van der Waals surface area contributed by atoms with Crippen molar-refractivity contribution in [3.8, 4) is 0 Å². The Balaban J connectivity index is 2.26. The molecule has 1 aliphatic rings. The van der Waals surface area contributed by atoms with E-state index in [1.807, 2.05) is 0 Å². The quantitative estimate of drug-likeness (QED) is 0.785. The van der Waals surface area contributed by atoms with Crippen molar-refractivity contribution in [1.29, 1.82) is 0 Å². The van der Waals surface area contributed by atoms with Gasteiger partial charge in [-0.05, 0) is 6.42 Å².